The molecule has 0 spiro atoms. The van der Waals surface area contributed by atoms with Gasteiger partial charge in [-0.2, -0.15) is 4.68 Å². The molecule has 0 saturated heterocycles. The van der Waals surface area contributed by atoms with Crippen LogP contribution < -0.4 is 9.64 Å². The normalized spacial score (nSPS) is 12.1. The van der Waals surface area contributed by atoms with E-state index in [0.717, 1.165) is 34.6 Å². The summed E-state index contributed by atoms with van der Waals surface area (Å²) < 4.78 is 10.5. The van der Waals surface area contributed by atoms with Crippen LogP contribution in [0.2, 0.25) is 4.34 Å². The Morgan fingerprint density at radius 1 is 1.30 bits per heavy atom. The fourth-order valence-corrected chi connectivity index (χ4v) is 4.24. The molecule has 1 unspecified atom stereocenters. The number of quaternary nitrogens is 1. The topological polar surface area (TPSA) is 36.4 Å². The second-order valence-corrected chi connectivity index (χ2v) is 8.34. The third-order valence-electron chi connectivity index (χ3n) is 4.25. The van der Waals surface area contributed by atoms with Gasteiger partial charge in [-0.15, -0.1) is 16.4 Å². The fraction of sp³-hybridized carbons (Fsp3) is 0.263. The summed E-state index contributed by atoms with van der Waals surface area (Å²) in [5.41, 5.74) is 0.999. The second kappa shape index (κ2) is 8.84. The number of rotatable bonds is 8. The third kappa shape index (κ3) is 4.68. The first-order valence-electron chi connectivity index (χ1n) is 8.48. The zero-order valence-electron chi connectivity index (χ0n) is 15.3. The van der Waals surface area contributed by atoms with E-state index in [4.69, 9.17) is 33.7 Å². The lowest BCUT2D eigenvalue weighted by Crippen LogP contribution is -3.09. The lowest BCUT2D eigenvalue weighted by atomic mass is 10.2. The maximum Gasteiger partial charge on any atom is 0.202 e. The standard InChI is InChI=1S/C19H21ClN4OS2/c1-4-11-23(12-16-9-10-17(20)27-16)13-24-19(26)22(2)18(21-24)14-5-7-15(25-3)8-6-14/h4-10H,1,11-13H2,2-3H3/p+1. The van der Waals surface area contributed by atoms with Crippen molar-refractivity contribution in [3.8, 4) is 17.1 Å². The van der Waals surface area contributed by atoms with E-state index in [1.54, 1.807) is 18.4 Å². The van der Waals surface area contributed by atoms with Gasteiger partial charge in [0.15, 0.2) is 12.5 Å². The minimum absolute atomic E-state index is 0.657. The molecule has 1 aromatic carbocycles. The molecule has 0 aliphatic rings. The van der Waals surface area contributed by atoms with Crippen molar-refractivity contribution < 1.29 is 9.64 Å². The molecule has 8 heteroatoms. The predicted molar refractivity (Wildman–Crippen MR) is 113 cm³/mol. The molecule has 3 aromatic rings. The maximum atomic E-state index is 6.06. The summed E-state index contributed by atoms with van der Waals surface area (Å²) in [4.78, 5) is 2.52. The number of thiophene rings is 1. The number of methoxy groups -OCH3 is 1. The van der Waals surface area contributed by atoms with Crippen LogP contribution in [0.25, 0.3) is 11.4 Å². The van der Waals surface area contributed by atoms with Gasteiger partial charge in [-0.1, -0.05) is 18.2 Å². The van der Waals surface area contributed by atoms with Crippen molar-refractivity contribution in [1.29, 1.82) is 0 Å². The van der Waals surface area contributed by atoms with Crippen molar-refractivity contribution in [3.63, 3.8) is 0 Å². The molecule has 5 nitrogen and oxygen atoms in total. The van der Waals surface area contributed by atoms with Gasteiger partial charge in [-0.3, -0.25) is 0 Å². The molecule has 0 bridgehead atoms. The molecule has 2 aromatic heterocycles. The predicted octanol–water partition coefficient (Wildman–Crippen LogP) is 3.57. The number of aromatic nitrogens is 3. The molecule has 0 amide bonds. The molecule has 1 atom stereocenters. The molecule has 1 N–H and O–H groups in total. The Morgan fingerprint density at radius 2 is 2.04 bits per heavy atom. The average Bonchev–Trinajstić information content (AvgIpc) is 3.20. The average molecular weight is 422 g/mol. The Morgan fingerprint density at radius 3 is 2.63 bits per heavy atom. The Balaban J connectivity index is 1.84. The number of halogens is 1. The van der Waals surface area contributed by atoms with Crippen LogP contribution in [-0.2, 0) is 20.3 Å². The number of benzene rings is 1. The summed E-state index contributed by atoms with van der Waals surface area (Å²) in [6, 6.07) is 11.8. The Hall–Kier alpha value is -1.93. The van der Waals surface area contributed by atoms with E-state index in [0.29, 0.717) is 11.4 Å². The highest BCUT2D eigenvalue weighted by molar-refractivity contribution is 7.71. The molecule has 142 valence electrons. The smallest absolute Gasteiger partial charge is 0.202 e. The highest BCUT2D eigenvalue weighted by Crippen LogP contribution is 2.21. The van der Waals surface area contributed by atoms with E-state index in [9.17, 15) is 0 Å². The molecular formula is C19H22ClN4OS2+. The highest BCUT2D eigenvalue weighted by Gasteiger charge is 2.16. The minimum Gasteiger partial charge on any atom is -0.497 e. The summed E-state index contributed by atoms with van der Waals surface area (Å²) >= 11 is 13.3. The van der Waals surface area contributed by atoms with Crippen LogP contribution in [0.3, 0.4) is 0 Å². The van der Waals surface area contributed by atoms with Gasteiger partial charge in [-0.05, 0) is 54.7 Å². The van der Waals surface area contributed by atoms with Crippen LogP contribution in [0.15, 0.2) is 49.1 Å². The summed E-state index contributed by atoms with van der Waals surface area (Å²) in [5.74, 6) is 1.65. The van der Waals surface area contributed by atoms with Crippen molar-refractivity contribution in [2.45, 2.75) is 13.2 Å². The summed E-state index contributed by atoms with van der Waals surface area (Å²) in [6.07, 6.45) is 1.92. The molecule has 0 radical (unpaired) electrons. The third-order valence-corrected chi connectivity index (χ3v) is 5.96. The van der Waals surface area contributed by atoms with E-state index >= 15 is 0 Å². The van der Waals surface area contributed by atoms with Crippen LogP contribution in [0.4, 0.5) is 0 Å². The van der Waals surface area contributed by atoms with Crippen molar-refractivity contribution in [3.05, 3.63) is 63.0 Å². The van der Waals surface area contributed by atoms with E-state index < -0.39 is 0 Å². The number of hydrogen-bond acceptors (Lipinski definition) is 4. The van der Waals surface area contributed by atoms with Gasteiger partial charge in [0, 0.05) is 12.6 Å². The van der Waals surface area contributed by atoms with Crippen LogP contribution >= 0.6 is 35.2 Å². The first kappa shape index (κ1) is 19.8. The van der Waals surface area contributed by atoms with Crippen LogP contribution in [0, 0.1) is 4.77 Å². The SMILES string of the molecule is C=CC[NH+](Cc1ccc(Cl)s1)Cn1nc(-c2ccc(OC)cc2)n(C)c1=S. The first-order valence-corrected chi connectivity index (χ1v) is 10.1. The molecule has 0 aliphatic carbocycles. The molecule has 0 saturated carbocycles. The lowest BCUT2D eigenvalue weighted by molar-refractivity contribution is -0.931. The van der Waals surface area contributed by atoms with Crippen molar-refractivity contribution in [1.82, 2.24) is 14.3 Å². The summed E-state index contributed by atoms with van der Waals surface area (Å²) in [7, 11) is 3.60. The van der Waals surface area contributed by atoms with Crippen molar-refractivity contribution in [2.75, 3.05) is 13.7 Å². The Bertz CT molecular complexity index is 975. The zero-order valence-corrected chi connectivity index (χ0v) is 17.7. The van der Waals surface area contributed by atoms with Gasteiger partial charge in [-0.25, -0.2) is 0 Å². The van der Waals surface area contributed by atoms with E-state index in [-0.39, 0.29) is 0 Å². The monoisotopic (exact) mass is 421 g/mol. The lowest BCUT2D eigenvalue weighted by Gasteiger charge is -2.16. The van der Waals surface area contributed by atoms with E-state index in [1.807, 2.05) is 52.7 Å². The van der Waals surface area contributed by atoms with Crippen LogP contribution in [0.1, 0.15) is 4.88 Å². The quantitative estimate of drug-likeness (QED) is 0.446. The Labute approximate surface area is 173 Å². The van der Waals surface area contributed by atoms with Gasteiger partial charge in [0.05, 0.1) is 22.9 Å². The number of ether oxygens (including phenoxy) is 1. The van der Waals surface area contributed by atoms with Gasteiger partial charge in [0.1, 0.15) is 12.3 Å². The maximum absolute atomic E-state index is 6.06. The number of nitrogens with one attached hydrogen (secondary N) is 1. The Kier molecular flexibility index (Phi) is 6.49. The number of nitrogens with zero attached hydrogens (tertiary/aromatic N) is 3. The number of hydrogen-bond donors (Lipinski definition) is 1. The molecular weight excluding hydrogens is 400 g/mol. The highest BCUT2D eigenvalue weighted by atomic mass is 35.5. The summed E-state index contributed by atoms with van der Waals surface area (Å²) in [6.45, 7) is 6.20. The summed E-state index contributed by atoms with van der Waals surface area (Å²) in [5, 5.41) is 4.76. The van der Waals surface area contributed by atoms with Gasteiger partial charge >= 0.3 is 0 Å². The minimum atomic E-state index is 0.657. The first-order chi connectivity index (χ1) is 13.0. The van der Waals surface area contributed by atoms with Crippen LogP contribution in [-0.4, -0.2) is 28.0 Å². The van der Waals surface area contributed by atoms with Gasteiger partial charge < -0.3 is 14.2 Å². The zero-order chi connectivity index (χ0) is 19.4. The molecule has 27 heavy (non-hydrogen) atoms. The van der Waals surface area contributed by atoms with Gasteiger partial charge in [0.2, 0.25) is 4.77 Å². The van der Waals surface area contributed by atoms with Crippen molar-refractivity contribution >= 4 is 35.2 Å². The van der Waals surface area contributed by atoms with E-state index in [1.165, 1.54) is 9.78 Å². The molecule has 0 aliphatic heterocycles. The van der Waals surface area contributed by atoms with Crippen molar-refractivity contribution in [2.24, 2.45) is 7.05 Å². The van der Waals surface area contributed by atoms with Gasteiger partial charge in [0.25, 0.3) is 0 Å². The fourth-order valence-electron chi connectivity index (χ4n) is 2.88. The molecule has 0 fully saturated rings. The molecule has 2 heterocycles. The van der Waals surface area contributed by atoms with Crippen LogP contribution in [0.5, 0.6) is 5.75 Å². The second-order valence-electron chi connectivity index (χ2n) is 6.18. The largest absolute Gasteiger partial charge is 0.497 e. The molecule has 3 rings (SSSR count). The van der Waals surface area contributed by atoms with E-state index in [2.05, 4.69) is 12.6 Å².